The second-order valence-electron chi connectivity index (χ2n) is 8.02. The van der Waals surface area contributed by atoms with E-state index in [0.717, 1.165) is 42.9 Å². The number of anilines is 2. The topological polar surface area (TPSA) is 99.1 Å². The Labute approximate surface area is 197 Å². The number of esters is 1. The molecule has 2 aromatic heterocycles. The third-order valence-corrected chi connectivity index (χ3v) is 6.03. The van der Waals surface area contributed by atoms with Crippen LogP contribution in [0.5, 0.6) is 5.75 Å². The number of morpholine rings is 2. The summed E-state index contributed by atoms with van der Waals surface area (Å²) in [5, 5.41) is 0.879. The summed E-state index contributed by atoms with van der Waals surface area (Å²) >= 11 is 0. The van der Waals surface area contributed by atoms with Crippen molar-refractivity contribution in [2.45, 2.75) is 0 Å². The molecule has 2 fully saturated rings. The lowest BCUT2D eigenvalue weighted by Crippen LogP contribution is -2.39. The minimum Gasteiger partial charge on any atom is -0.496 e. The molecule has 0 bridgehead atoms. The summed E-state index contributed by atoms with van der Waals surface area (Å²) in [6, 6.07) is 9.25. The molecule has 0 aliphatic carbocycles. The van der Waals surface area contributed by atoms with Gasteiger partial charge in [0.05, 0.1) is 51.7 Å². The number of pyridine rings is 1. The van der Waals surface area contributed by atoms with Crippen molar-refractivity contribution < 1.29 is 23.7 Å². The van der Waals surface area contributed by atoms with Crippen molar-refractivity contribution in [3.05, 3.63) is 35.9 Å². The first-order valence-electron chi connectivity index (χ1n) is 11.3. The molecule has 0 radical (unpaired) electrons. The molecule has 0 saturated carbocycles. The van der Waals surface area contributed by atoms with E-state index in [0.29, 0.717) is 55.0 Å². The molecule has 2 aliphatic rings. The summed E-state index contributed by atoms with van der Waals surface area (Å²) in [5.74, 6) is 1.49. The Hall–Kier alpha value is -3.50. The van der Waals surface area contributed by atoms with E-state index in [9.17, 15) is 4.79 Å². The molecule has 0 unspecified atom stereocenters. The molecule has 5 rings (SSSR count). The molecule has 0 atom stereocenters. The molecule has 10 nitrogen and oxygen atoms in total. The van der Waals surface area contributed by atoms with Crippen molar-refractivity contribution in [2.24, 2.45) is 0 Å². The van der Waals surface area contributed by atoms with Crippen LogP contribution in [-0.4, -0.2) is 87.7 Å². The van der Waals surface area contributed by atoms with Gasteiger partial charge in [0.15, 0.2) is 5.65 Å². The first kappa shape index (κ1) is 22.3. The van der Waals surface area contributed by atoms with Gasteiger partial charge in [0, 0.05) is 31.7 Å². The molecule has 178 valence electrons. The molecule has 34 heavy (non-hydrogen) atoms. The average Bonchev–Trinajstić information content (AvgIpc) is 2.92. The van der Waals surface area contributed by atoms with E-state index in [1.807, 2.05) is 18.2 Å². The highest BCUT2D eigenvalue weighted by Gasteiger charge is 2.22. The number of hydrogen-bond donors (Lipinski definition) is 0. The second kappa shape index (κ2) is 9.78. The average molecular weight is 466 g/mol. The van der Waals surface area contributed by atoms with E-state index in [4.69, 9.17) is 33.9 Å². The summed E-state index contributed by atoms with van der Waals surface area (Å²) in [6.07, 6.45) is 0. The van der Waals surface area contributed by atoms with Gasteiger partial charge in [-0.1, -0.05) is 0 Å². The molecule has 1 aromatic carbocycles. The summed E-state index contributed by atoms with van der Waals surface area (Å²) in [5.41, 5.74) is 2.41. The van der Waals surface area contributed by atoms with E-state index in [1.54, 1.807) is 12.1 Å². The Kier molecular flexibility index (Phi) is 6.41. The van der Waals surface area contributed by atoms with E-state index in [2.05, 4.69) is 9.80 Å². The molecule has 3 aromatic rings. The smallest absolute Gasteiger partial charge is 0.341 e. The van der Waals surface area contributed by atoms with Gasteiger partial charge < -0.3 is 28.7 Å². The van der Waals surface area contributed by atoms with E-state index in [1.165, 1.54) is 14.2 Å². The third-order valence-electron chi connectivity index (χ3n) is 6.03. The quantitative estimate of drug-likeness (QED) is 0.521. The highest BCUT2D eigenvalue weighted by Crippen LogP contribution is 2.31. The highest BCUT2D eigenvalue weighted by molar-refractivity contribution is 5.94. The third kappa shape index (κ3) is 4.34. The number of nitrogens with zero attached hydrogens (tertiary/aromatic N) is 5. The van der Waals surface area contributed by atoms with Crippen LogP contribution < -0.4 is 14.5 Å². The number of carbonyl (C=O) groups excluding carboxylic acids is 1. The predicted octanol–water partition coefficient (Wildman–Crippen LogP) is 2.16. The van der Waals surface area contributed by atoms with Crippen molar-refractivity contribution in [3.8, 4) is 17.0 Å². The van der Waals surface area contributed by atoms with Crippen molar-refractivity contribution in [1.82, 2.24) is 15.0 Å². The fourth-order valence-corrected chi connectivity index (χ4v) is 4.20. The number of fused-ring (bicyclic) bond motifs is 1. The number of rotatable bonds is 5. The first-order chi connectivity index (χ1) is 16.7. The minimum absolute atomic E-state index is 0.343. The standard InChI is InChI=1S/C24H27N5O5/c1-31-20-6-3-16(15-18(20)23(30)32-2)19-5-4-17-21(25-19)26-24(29-9-13-34-14-10-29)27-22(17)28-7-11-33-12-8-28/h3-6,15H,7-14H2,1-2H3. The summed E-state index contributed by atoms with van der Waals surface area (Å²) in [6.45, 7) is 5.59. The molecule has 0 amide bonds. The molecule has 2 aliphatic heterocycles. The minimum atomic E-state index is -0.467. The molecular weight excluding hydrogens is 438 g/mol. The number of aromatic nitrogens is 3. The lowest BCUT2D eigenvalue weighted by atomic mass is 10.1. The second-order valence-corrected chi connectivity index (χ2v) is 8.02. The number of methoxy groups -OCH3 is 2. The van der Waals surface area contributed by atoms with Gasteiger partial charge in [-0.05, 0) is 30.3 Å². The Morgan fingerprint density at radius 2 is 1.59 bits per heavy atom. The zero-order valence-corrected chi connectivity index (χ0v) is 19.3. The fourth-order valence-electron chi connectivity index (χ4n) is 4.20. The van der Waals surface area contributed by atoms with Gasteiger partial charge in [-0.3, -0.25) is 0 Å². The van der Waals surface area contributed by atoms with Gasteiger partial charge in [0.2, 0.25) is 5.95 Å². The normalized spacial score (nSPS) is 16.5. The maximum atomic E-state index is 12.3. The largest absolute Gasteiger partial charge is 0.496 e. The van der Waals surface area contributed by atoms with Crippen LogP contribution in [0.2, 0.25) is 0 Å². The number of carbonyl (C=O) groups is 1. The van der Waals surface area contributed by atoms with Crippen molar-refractivity contribution >= 4 is 28.8 Å². The molecule has 4 heterocycles. The number of ether oxygens (including phenoxy) is 4. The maximum Gasteiger partial charge on any atom is 0.341 e. The summed E-state index contributed by atoms with van der Waals surface area (Å²) in [7, 11) is 2.87. The van der Waals surface area contributed by atoms with Gasteiger partial charge in [-0.15, -0.1) is 0 Å². The van der Waals surface area contributed by atoms with E-state index in [-0.39, 0.29) is 0 Å². The lowest BCUT2D eigenvalue weighted by molar-refractivity contribution is 0.0597. The Balaban J connectivity index is 1.61. The van der Waals surface area contributed by atoms with Crippen LogP contribution in [0.15, 0.2) is 30.3 Å². The number of hydrogen-bond acceptors (Lipinski definition) is 10. The molecule has 10 heteroatoms. The van der Waals surface area contributed by atoms with Gasteiger partial charge in [0.1, 0.15) is 17.1 Å². The molecular formula is C24H27N5O5. The Bertz CT molecular complexity index is 1190. The Morgan fingerprint density at radius 3 is 2.26 bits per heavy atom. The summed E-state index contributed by atoms with van der Waals surface area (Å²) < 4.78 is 21.3. The van der Waals surface area contributed by atoms with E-state index < -0.39 is 5.97 Å². The van der Waals surface area contributed by atoms with Gasteiger partial charge >= 0.3 is 5.97 Å². The van der Waals surface area contributed by atoms with Crippen LogP contribution in [-0.2, 0) is 14.2 Å². The lowest BCUT2D eigenvalue weighted by Gasteiger charge is -2.31. The van der Waals surface area contributed by atoms with Gasteiger partial charge in [-0.25, -0.2) is 9.78 Å². The maximum absolute atomic E-state index is 12.3. The van der Waals surface area contributed by atoms with Crippen molar-refractivity contribution in [1.29, 1.82) is 0 Å². The molecule has 0 spiro atoms. The number of benzene rings is 1. The van der Waals surface area contributed by atoms with Crippen molar-refractivity contribution in [3.63, 3.8) is 0 Å². The molecule has 2 saturated heterocycles. The van der Waals surface area contributed by atoms with Crippen LogP contribution in [0.4, 0.5) is 11.8 Å². The Morgan fingerprint density at radius 1 is 0.882 bits per heavy atom. The SMILES string of the molecule is COC(=O)c1cc(-c2ccc3c(N4CCOCC4)nc(N4CCOCC4)nc3n2)ccc1OC. The fraction of sp³-hybridized carbons (Fsp3) is 0.417. The van der Waals surface area contributed by atoms with Crippen molar-refractivity contribution in [2.75, 3.05) is 76.6 Å². The van der Waals surface area contributed by atoms with Crippen LogP contribution in [0, 0.1) is 0 Å². The van der Waals surface area contributed by atoms with E-state index >= 15 is 0 Å². The van der Waals surface area contributed by atoms with Gasteiger partial charge in [0.25, 0.3) is 0 Å². The first-order valence-corrected chi connectivity index (χ1v) is 11.3. The van der Waals surface area contributed by atoms with Crippen LogP contribution in [0.3, 0.4) is 0 Å². The summed E-state index contributed by atoms with van der Waals surface area (Å²) in [4.78, 5) is 31.2. The zero-order chi connectivity index (χ0) is 23.5. The predicted molar refractivity (Wildman–Crippen MR) is 127 cm³/mol. The van der Waals surface area contributed by atoms with Crippen LogP contribution in [0.1, 0.15) is 10.4 Å². The van der Waals surface area contributed by atoms with Crippen LogP contribution >= 0.6 is 0 Å². The van der Waals surface area contributed by atoms with Gasteiger partial charge in [-0.2, -0.15) is 9.97 Å². The zero-order valence-electron chi connectivity index (χ0n) is 19.3. The monoisotopic (exact) mass is 465 g/mol. The molecule has 0 N–H and O–H groups in total. The van der Waals surface area contributed by atoms with Crippen LogP contribution in [0.25, 0.3) is 22.3 Å². The highest BCUT2D eigenvalue weighted by atomic mass is 16.5.